The van der Waals surface area contributed by atoms with Crippen LogP contribution in [0, 0.1) is 0 Å². The van der Waals surface area contributed by atoms with Gasteiger partial charge in [0, 0.05) is 12.4 Å². The molecule has 86 valence electrons. The van der Waals surface area contributed by atoms with Crippen LogP contribution in [0.15, 0.2) is 67.0 Å². The highest BCUT2D eigenvalue weighted by Gasteiger charge is 1.95. The largest absolute Gasteiger partial charge is 0.265 e. The molecule has 0 aliphatic rings. The molecule has 0 atom stereocenters. The minimum absolute atomic E-state index is 1.16. The first-order chi connectivity index (χ1) is 8.93. The lowest BCUT2D eigenvalue weighted by atomic mass is 10.0. The molecule has 3 rings (SSSR count). The van der Waals surface area contributed by atoms with Gasteiger partial charge in [-0.3, -0.25) is 4.98 Å². The fourth-order valence-electron chi connectivity index (χ4n) is 2.06. The SMILES string of the molecule is C(=C\c1cccc2ccccc12)/c1ccncc1. The summed E-state index contributed by atoms with van der Waals surface area (Å²) in [5.74, 6) is 0. The standard InChI is InChI=1S/C17H13N/c1-2-7-17-15(4-1)5-3-6-16(17)9-8-14-10-12-18-13-11-14/h1-13H/b9-8+. The Bertz CT molecular complexity index is 679. The third kappa shape index (κ3) is 2.16. The molecule has 0 saturated carbocycles. The summed E-state index contributed by atoms with van der Waals surface area (Å²) in [4.78, 5) is 4.02. The summed E-state index contributed by atoms with van der Waals surface area (Å²) < 4.78 is 0. The molecule has 3 aromatic rings. The van der Waals surface area contributed by atoms with Crippen molar-refractivity contribution in [2.75, 3.05) is 0 Å². The third-order valence-electron chi connectivity index (χ3n) is 2.98. The van der Waals surface area contributed by atoms with E-state index >= 15 is 0 Å². The zero-order valence-corrected chi connectivity index (χ0v) is 9.95. The first-order valence-electron chi connectivity index (χ1n) is 5.99. The molecule has 0 aliphatic carbocycles. The van der Waals surface area contributed by atoms with Crippen LogP contribution >= 0.6 is 0 Å². The lowest BCUT2D eigenvalue weighted by Crippen LogP contribution is -1.78. The van der Waals surface area contributed by atoms with E-state index in [0.717, 1.165) is 5.56 Å². The van der Waals surface area contributed by atoms with Crippen LogP contribution in [0.3, 0.4) is 0 Å². The Morgan fingerprint density at radius 3 is 2.39 bits per heavy atom. The van der Waals surface area contributed by atoms with E-state index in [1.54, 1.807) is 0 Å². The van der Waals surface area contributed by atoms with Gasteiger partial charge in [0.2, 0.25) is 0 Å². The first-order valence-corrected chi connectivity index (χ1v) is 5.99. The quantitative estimate of drug-likeness (QED) is 0.636. The molecule has 0 fully saturated rings. The number of benzene rings is 2. The van der Waals surface area contributed by atoms with E-state index in [4.69, 9.17) is 0 Å². The average molecular weight is 231 g/mol. The summed E-state index contributed by atoms with van der Waals surface area (Å²) in [5.41, 5.74) is 2.41. The molecular formula is C17H13N. The molecule has 2 aromatic carbocycles. The summed E-state index contributed by atoms with van der Waals surface area (Å²) in [5, 5.41) is 2.56. The Labute approximate surface area is 106 Å². The number of rotatable bonds is 2. The number of hydrogen-bond acceptors (Lipinski definition) is 1. The third-order valence-corrected chi connectivity index (χ3v) is 2.98. The highest BCUT2D eigenvalue weighted by Crippen LogP contribution is 2.20. The number of hydrogen-bond donors (Lipinski definition) is 0. The lowest BCUT2D eigenvalue weighted by molar-refractivity contribution is 1.32. The first kappa shape index (κ1) is 10.7. The van der Waals surface area contributed by atoms with E-state index in [-0.39, 0.29) is 0 Å². The monoisotopic (exact) mass is 231 g/mol. The average Bonchev–Trinajstić information content (AvgIpc) is 2.46. The summed E-state index contributed by atoms with van der Waals surface area (Å²) in [6.45, 7) is 0. The van der Waals surface area contributed by atoms with Gasteiger partial charge in [-0.1, -0.05) is 54.6 Å². The van der Waals surface area contributed by atoms with Gasteiger partial charge in [-0.15, -0.1) is 0 Å². The maximum Gasteiger partial charge on any atom is 0.0273 e. The van der Waals surface area contributed by atoms with E-state index in [1.807, 2.05) is 24.5 Å². The predicted octanol–water partition coefficient (Wildman–Crippen LogP) is 4.41. The van der Waals surface area contributed by atoms with Crippen LogP contribution in [0.2, 0.25) is 0 Å². The Morgan fingerprint density at radius 1 is 0.722 bits per heavy atom. The minimum atomic E-state index is 1.16. The lowest BCUT2D eigenvalue weighted by Gasteiger charge is -2.01. The number of nitrogens with zero attached hydrogens (tertiary/aromatic N) is 1. The summed E-state index contributed by atoms with van der Waals surface area (Å²) >= 11 is 0. The van der Waals surface area contributed by atoms with E-state index in [1.165, 1.54) is 16.3 Å². The number of pyridine rings is 1. The van der Waals surface area contributed by atoms with Crippen molar-refractivity contribution in [1.29, 1.82) is 0 Å². The molecule has 0 N–H and O–H groups in total. The van der Waals surface area contributed by atoms with Crippen LogP contribution in [0.5, 0.6) is 0 Å². The fourth-order valence-corrected chi connectivity index (χ4v) is 2.06. The zero-order chi connectivity index (χ0) is 12.2. The zero-order valence-electron chi connectivity index (χ0n) is 9.95. The molecule has 18 heavy (non-hydrogen) atoms. The van der Waals surface area contributed by atoms with E-state index in [2.05, 4.69) is 59.6 Å². The van der Waals surface area contributed by atoms with Gasteiger partial charge >= 0.3 is 0 Å². The molecule has 0 amide bonds. The van der Waals surface area contributed by atoms with Crippen LogP contribution in [0.25, 0.3) is 22.9 Å². The normalized spacial score (nSPS) is 11.1. The van der Waals surface area contributed by atoms with E-state index in [0.29, 0.717) is 0 Å². The topological polar surface area (TPSA) is 12.9 Å². The van der Waals surface area contributed by atoms with Gasteiger partial charge in [0.05, 0.1) is 0 Å². The van der Waals surface area contributed by atoms with Crippen molar-refractivity contribution < 1.29 is 0 Å². The van der Waals surface area contributed by atoms with E-state index < -0.39 is 0 Å². The van der Waals surface area contributed by atoms with Crippen LogP contribution in [0.4, 0.5) is 0 Å². The summed E-state index contributed by atoms with van der Waals surface area (Å²) in [6, 6.07) is 18.8. The second kappa shape index (κ2) is 4.84. The van der Waals surface area contributed by atoms with Crippen molar-refractivity contribution in [3.63, 3.8) is 0 Å². The van der Waals surface area contributed by atoms with Gasteiger partial charge in [-0.05, 0) is 34.0 Å². The Morgan fingerprint density at radius 2 is 1.50 bits per heavy atom. The maximum atomic E-state index is 4.02. The van der Waals surface area contributed by atoms with Gasteiger partial charge in [-0.2, -0.15) is 0 Å². The maximum absolute atomic E-state index is 4.02. The van der Waals surface area contributed by atoms with Crippen LogP contribution in [-0.2, 0) is 0 Å². The second-order valence-electron chi connectivity index (χ2n) is 4.18. The molecule has 0 bridgehead atoms. The summed E-state index contributed by atoms with van der Waals surface area (Å²) in [7, 11) is 0. The van der Waals surface area contributed by atoms with Crippen LogP contribution < -0.4 is 0 Å². The van der Waals surface area contributed by atoms with Crippen molar-refractivity contribution >= 4 is 22.9 Å². The Kier molecular flexibility index (Phi) is 2.89. The molecule has 0 radical (unpaired) electrons. The van der Waals surface area contributed by atoms with Crippen molar-refractivity contribution in [1.82, 2.24) is 4.98 Å². The van der Waals surface area contributed by atoms with Crippen molar-refractivity contribution in [2.24, 2.45) is 0 Å². The summed E-state index contributed by atoms with van der Waals surface area (Å²) in [6.07, 6.45) is 7.88. The van der Waals surface area contributed by atoms with E-state index in [9.17, 15) is 0 Å². The molecule has 1 aromatic heterocycles. The number of fused-ring (bicyclic) bond motifs is 1. The molecule has 0 saturated heterocycles. The van der Waals surface area contributed by atoms with Gasteiger partial charge in [0.25, 0.3) is 0 Å². The fraction of sp³-hybridized carbons (Fsp3) is 0. The number of aromatic nitrogens is 1. The van der Waals surface area contributed by atoms with Crippen molar-refractivity contribution in [3.8, 4) is 0 Å². The highest BCUT2D eigenvalue weighted by molar-refractivity contribution is 5.92. The minimum Gasteiger partial charge on any atom is -0.265 e. The smallest absolute Gasteiger partial charge is 0.0273 e. The Hall–Kier alpha value is -2.41. The molecule has 0 aliphatic heterocycles. The van der Waals surface area contributed by atoms with Crippen molar-refractivity contribution in [2.45, 2.75) is 0 Å². The molecule has 1 heterocycles. The molecule has 1 heteroatoms. The molecule has 0 spiro atoms. The van der Waals surface area contributed by atoms with Crippen LogP contribution in [-0.4, -0.2) is 4.98 Å². The second-order valence-corrected chi connectivity index (χ2v) is 4.18. The Balaban J connectivity index is 2.03. The van der Waals surface area contributed by atoms with Gasteiger partial charge in [-0.25, -0.2) is 0 Å². The molecular weight excluding hydrogens is 218 g/mol. The predicted molar refractivity (Wildman–Crippen MR) is 77.1 cm³/mol. The van der Waals surface area contributed by atoms with Gasteiger partial charge < -0.3 is 0 Å². The van der Waals surface area contributed by atoms with Crippen molar-refractivity contribution in [3.05, 3.63) is 78.1 Å². The molecule has 0 unspecified atom stereocenters. The van der Waals surface area contributed by atoms with Gasteiger partial charge in [0.15, 0.2) is 0 Å². The molecule has 1 nitrogen and oxygen atoms in total. The van der Waals surface area contributed by atoms with Crippen LogP contribution in [0.1, 0.15) is 11.1 Å². The highest BCUT2D eigenvalue weighted by atomic mass is 14.6. The van der Waals surface area contributed by atoms with Gasteiger partial charge in [0.1, 0.15) is 0 Å².